The maximum atomic E-state index is 4.72. The van der Waals surface area contributed by atoms with Gasteiger partial charge >= 0.3 is 0 Å². The molecule has 20 heavy (non-hydrogen) atoms. The first-order chi connectivity index (χ1) is 9.54. The zero-order chi connectivity index (χ0) is 14.2. The lowest BCUT2D eigenvalue weighted by Crippen LogP contribution is -2.14. The standard InChI is InChI=1S/C16H20N4/c1-16(2,3)8-9-18-15-14-10-17-11-20(14)13-7-5-4-6-12(13)19-15/h4-7,10-11H,8-9H2,1-3H3,(H,18,19). The minimum absolute atomic E-state index is 0.320. The second kappa shape index (κ2) is 4.78. The van der Waals surface area contributed by atoms with Crippen molar-refractivity contribution in [3.8, 4) is 0 Å². The molecule has 0 saturated carbocycles. The molecule has 0 fully saturated rings. The number of rotatable bonds is 3. The maximum Gasteiger partial charge on any atom is 0.152 e. The van der Waals surface area contributed by atoms with Crippen LogP contribution in [0.25, 0.3) is 16.6 Å². The van der Waals surface area contributed by atoms with Gasteiger partial charge in [-0.25, -0.2) is 9.97 Å². The fraction of sp³-hybridized carbons (Fsp3) is 0.375. The Kier molecular flexibility index (Phi) is 3.08. The molecule has 4 heteroatoms. The van der Waals surface area contributed by atoms with Crippen molar-refractivity contribution in [3.05, 3.63) is 36.8 Å². The second-order valence-electron chi connectivity index (χ2n) is 6.34. The smallest absolute Gasteiger partial charge is 0.152 e. The molecule has 2 aromatic heterocycles. The number of benzene rings is 1. The normalized spacial score (nSPS) is 12.2. The lowest BCUT2D eigenvalue weighted by atomic mass is 9.92. The van der Waals surface area contributed by atoms with Crippen LogP contribution >= 0.6 is 0 Å². The molecule has 0 radical (unpaired) electrons. The van der Waals surface area contributed by atoms with Crippen molar-refractivity contribution in [3.63, 3.8) is 0 Å². The van der Waals surface area contributed by atoms with Crippen LogP contribution in [-0.4, -0.2) is 20.9 Å². The lowest BCUT2D eigenvalue weighted by Gasteiger charge is -2.18. The molecule has 0 aliphatic heterocycles. The molecule has 1 N–H and O–H groups in total. The highest BCUT2D eigenvalue weighted by atomic mass is 15.1. The maximum absolute atomic E-state index is 4.72. The summed E-state index contributed by atoms with van der Waals surface area (Å²) in [5.74, 6) is 0.908. The molecule has 1 aromatic carbocycles. The number of nitrogens with zero attached hydrogens (tertiary/aromatic N) is 3. The van der Waals surface area contributed by atoms with Crippen molar-refractivity contribution >= 4 is 22.4 Å². The van der Waals surface area contributed by atoms with Crippen LogP contribution in [0.1, 0.15) is 27.2 Å². The molecular formula is C16H20N4. The topological polar surface area (TPSA) is 42.2 Å². The highest BCUT2D eigenvalue weighted by Gasteiger charge is 2.11. The van der Waals surface area contributed by atoms with Gasteiger partial charge in [0.05, 0.1) is 23.6 Å². The highest BCUT2D eigenvalue weighted by Crippen LogP contribution is 2.23. The second-order valence-corrected chi connectivity index (χ2v) is 6.34. The average molecular weight is 268 g/mol. The van der Waals surface area contributed by atoms with E-state index < -0.39 is 0 Å². The summed E-state index contributed by atoms with van der Waals surface area (Å²) in [4.78, 5) is 8.98. The van der Waals surface area contributed by atoms with Gasteiger partial charge in [0.25, 0.3) is 0 Å². The van der Waals surface area contributed by atoms with Crippen LogP contribution in [-0.2, 0) is 0 Å². The van der Waals surface area contributed by atoms with E-state index in [1.165, 1.54) is 0 Å². The number of hydrogen-bond donors (Lipinski definition) is 1. The summed E-state index contributed by atoms with van der Waals surface area (Å²) in [7, 11) is 0. The van der Waals surface area contributed by atoms with Crippen molar-refractivity contribution in [2.24, 2.45) is 5.41 Å². The summed E-state index contributed by atoms with van der Waals surface area (Å²) in [5, 5.41) is 3.45. The van der Waals surface area contributed by atoms with Crippen LogP contribution in [0.4, 0.5) is 5.82 Å². The van der Waals surface area contributed by atoms with Crippen LogP contribution < -0.4 is 5.32 Å². The van der Waals surface area contributed by atoms with Gasteiger partial charge in [0, 0.05) is 6.54 Å². The number of imidazole rings is 1. The third kappa shape index (κ3) is 2.46. The molecule has 104 valence electrons. The van der Waals surface area contributed by atoms with E-state index in [1.807, 2.05) is 30.7 Å². The minimum atomic E-state index is 0.320. The molecule has 3 aromatic rings. The Bertz CT molecular complexity index is 737. The van der Waals surface area contributed by atoms with E-state index >= 15 is 0 Å². The third-order valence-electron chi connectivity index (χ3n) is 3.42. The van der Waals surface area contributed by atoms with E-state index in [2.05, 4.69) is 41.5 Å². The predicted molar refractivity (Wildman–Crippen MR) is 83.1 cm³/mol. The molecule has 2 heterocycles. The number of para-hydroxylation sites is 2. The molecule has 0 spiro atoms. The lowest BCUT2D eigenvalue weighted by molar-refractivity contribution is 0.389. The van der Waals surface area contributed by atoms with Crippen LogP contribution in [0.2, 0.25) is 0 Å². The summed E-state index contributed by atoms with van der Waals surface area (Å²) in [6.07, 6.45) is 4.80. The summed E-state index contributed by atoms with van der Waals surface area (Å²) in [5.41, 5.74) is 3.41. The largest absolute Gasteiger partial charge is 0.368 e. The molecule has 0 bridgehead atoms. The Balaban J connectivity index is 1.98. The number of nitrogens with one attached hydrogen (secondary N) is 1. The fourth-order valence-corrected chi connectivity index (χ4v) is 2.29. The quantitative estimate of drug-likeness (QED) is 0.787. The molecule has 4 nitrogen and oxygen atoms in total. The highest BCUT2D eigenvalue weighted by molar-refractivity contribution is 5.83. The van der Waals surface area contributed by atoms with E-state index in [9.17, 15) is 0 Å². The Morgan fingerprint density at radius 1 is 1.15 bits per heavy atom. The van der Waals surface area contributed by atoms with Gasteiger partial charge in [-0.05, 0) is 24.0 Å². The first kappa shape index (κ1) is 12.9. The zero-order valence-corrected chi connectivity index (χ0v) is 12.2. The van der Waals surface area contributed by atoms with Gasteiger partial charge in [-0.2, -0.15) is 0 Å². The van der Waals surface area contributed by atoms with E-state index in [0.29, 0.717) is 5.41 Å². The average Bonchev–Trinajstić information content (AvgIpc) is 2.87. The van der Waals surface area contributed by atoms with Crippen molar-refractivity contribution in [1.29, 1.82) is 0 Å². The van der Waals surface area contributed by atoms with E-state index in [1.54, 1.807) is 0 Å². The molecule has 0 unspecified atom stereocenters. The SMILES string of the molecule is CC(C)(C)CCNc1nc2ccccc2n2cncc12. The van der Waals surface area contributed by atoms with Gasteiger partial charge in [0.2, 0.25) is 0 Å². The van der Waals surface area contributed by atoms with Gasteiger partial charge in [-0.3, -0.25) is 4.40 Å². The minimum Gasteiger partial charge on any atom is -0.368 e. The molecule has 0 amide bonds. The van der Waals surface area contributed by atoms with Crippen LogP contribution in [0.3, 0.4) is 0 Å². The first-order valence-corrected chi connectivity index (χ1v) is 6.99. The van der Waals surface area contributed by atoms with E-state index in [-0.39, 0.29) is 0 Å². The summed E-state index contributed by atoms with van der Waals surface area (Å²) >= 11 is 0. The summed E-state index contributed by atoms with van der Waals surface area (Å²) in [6, 6.07) is 8.13. The Morgan fingerprint density at radius 2 is 1.95 bits per heavy atom. The summed E-state index contributed by atoms with van der Waals surface area (Å²) < 4.78 is 2.09. The number of fused-ring (bicyclic) bond motifs is 3. The summed E-state index contributed by atoms with van der Waals surface area (Å²) in [6.45, 7) is 7.65. The van der Waals surface area contributed by atoms with Gasteiger partial charge in [-0.1, -0.05) is 32.9 Å². The molecule has 0 aliphatic carbocycles. The van der Waals surface area contributed by atoms with E-state index in [4.69, 9.17) is 4.98 Å². The van der Waals surface area contributed by atoms with Crippen molar-refractivity contribution in [1.82, 2.24) is 14.4 Å². The Hall–Kier alpha value is -2.10. The van der Waals surface area contributed by atoms with Gasteiger partial charge in [0.15, 0.2) is 5.82 Å². The predicted octanol–water partition coefficient (Wildman–Crippen LogP) is 3.73. The van der Waals surface area contributed by atoms with Gasteiger partial charge in [0.1, 0.15) is 5.52 Å². The Morgan fingerprint density at radius 3 is 2.75 bits per heavy atom. The molecular weight excluding hydrogens is 248 g/mol. The monoisotopic (exact) mass is 268 g/mol. The number of hydrogen-bond acceptors (Lipinski definition) is 3. The molecule has 0 aliphatic rings. The molecule has 0 atom stereocenters. The number of anilines is 1. The van der Waals surface area contributed by atoms with Crippen molar-refractivity contribution in [2.75, 3.05) is 11.9 Å². The van der Waals surface area contributed by atoms with Crippen molar-refractivity contribution in [2.45, 2.75) is 27.2 Å². The van der Waals surface area contributed by atoms with Crippen LogP contribution in [0.15, 0.2) is 36.8 Å². The van der Waals surface area contributed by atoms with Crippen LogP contribution in [0.5, 0.6) is 0 Å². The first-order valence-electron chi connectivity index (χ1n) is 6.99. The molecule has 3 rings (SSSR count). The van der Waals surface area contributed by atoms with E-state index in [0.717, 1.165) is 35.3 Å². The van der Waals surface area contributed by atoms with Gasteiger partial charge < -0.3 is 5.32 Å². The van der Waals surface area contributed by atoms with Crippen molar-refractivity contribution < 1.29 is 0 Å². The third-order valence-corrected chi connectivity index (χ3v) is 3.42. The number of aromatic nitrogens is 3. The Labute approximate surface area is 118 Å². The fourth-order valence-electron chi connectivity index (χ4n) is 2.29. The van der Waals surface area contributed by atoms with Gasteiger partial charge in [-0.15, -0.1) is 0 Å². The van der Waals surface area contributed by atoms with Crippen LogP contribution in [0, 0.1) is 5.41 Å². The molecule has 0 saturated heterocycles. The zero-order valence-electron chi connectivity index (χ0n) is 12.2.